The van der Waals surface area contributed by atoms with Gasteiger partial charge in [-0.05, 0) is 17.5 Å². The molecule has 1 aliphatic heterocycles. The predicted molar refractivity (Wildman–Crippen MR) is 73.8 cm³/mol. The van der Waals surface area contributed by atoms with Gasteiger partial charge in [0.25, 0.3) is 0 Å². The van der Waals surface area contributed by atoms with Gasteiger partial charge in [0.05, 0.1) is 0 Å². The molecule has 3 rings (SSSR count). The Labute approximate surface area is 107 Å². The van der Waals surface area contributed by atoms with Crippen LogP contribution in [0.5, 0.6) is 0 Å². The minimum atomic E-state index is 0.668. The number of benzene rings is 2. The van der Waals surface area contributed by atoms with Gasteiger partial charge in [0.1, 0.15) is 5.84 Å². The summed E-state index contributed by atoms with van der Waals surface area (Å²) in [6, 6.07) is 18.7. The van der Waals surface area contributed by atoms with Gasteiger partial charge in [-0.3, -0.25) is 5.41 Å². The second kappa shape index (κ2) is 4.65. The number of nitrogens with zero attached hydrogens (tertiary/aromatic N) is 1. The summed E-state index contributed by atoms with van der Waals surface area (Å²) in [6.45, 7) is 1.79. The Morgan fingerprint density at radius 1 is 0.944 bits per heavy atom. The summed E-state index contributed by atoms with van der Waals surface area (Å²) in [5, 5.41) is 8.18. The van der Waals surface area contributed by atoms with Gasteiger partial charge in [-0.15, -0.1) is 0 Å². The van der Waals surface area contributed by atoms with E-state index >= 15 is 0 Å². The lowest BCUT2D eigenvalue weighted by Crippen LogP contribution is -2.26. The summed E-state index contributed by atoms with van der Waals surface area (Å²) in [7, 11) is 0. The van der Waals surface area contributed by atoms with Crippen molar-refractivity contribution in [2.75, 3.05) is 6.54 Å². The highest BCUT2D eigenvalue weighted by Crippen LogP contribution is 2.22. The van der Waals surface area contributed by atoms with Gasteiger partial charge in [0.2, 0.25) is 0 Å². The SMILES string of the molecule is N=C1c2ccccc2CN1CCc1ccccc1. The van der Waals surface area contributed by atoms with Crippen molar-refractivity contribution >= 4 is 5.84 Å². The van der Waals surface area contributed by atoms with E-state index in [1.54, 1.807) is 0 Å². The third-order valence-electron chi connectivity index (χ3n) is 3.46. The van der Waals surface area contributed by atoms with Crippen LogP contribution < -0.4 is 0 Å². The summed E-state index contributed by atoms with van der Waals surface area (Å²) in [5.74, 6) is 0.668. The fourth-order valence-electron chi connectivity index (χ4n) is 2.44. The van der Waals surface area contributed by atoms with Gasteiger partial charge in [0, 0.05) is 18.7 Å². The van der Waals surface area contributed by atoms with Crippen molar-refractivity contribution in [1.82, 2.24) is 4.90 Å². The molecule has 0 radical (unpaired) electrons. The van der Waals surface area contributed by atoms with Crippen molar-refractivity contribution in [1.29, 1.82) is 5.41 Å². The highest BCUT2D eigenvalue weighted by atomic mass is 15.2. The van der Waals surface area contributed by atoms with Crippen LogP contribution in [-0.4, -0.2) is 17.3 Å². The molecule has 1 N–H and O–H groups in total. The second-order valence-electron chi connectivity index (χ2n) is 4.66. The van der Waals surface area contributed by atoms with Gasteiger partial charge in [-0.1, -0.05) is 54.6 Å². The topological polar surface area (TPSA) is 27.1 Å². The number of hydrogen-bond donors (Lipinski definition) is 1. The van der Waals surface area contributed by atoms with Crippen molar-refractivity contribution in [2.45, 2.75) is 13.0 Å². The maximum Gasteiger partial charge on any atom is 0.128 e. The van der Waals surface area contributed by atoms with Crippen molar-refractivity contribution in [2.24, 2.45) is 0 Å². The van der Waals surface area contributed by atoms with Crippen molar-refractivity contribution in [3.05, 3.63) is 71.3 Å². The number of fused-ring (bicyclic) bond motifs is 1. The molecule has 0 saturated carbocycles. The van der Waals surface area contributed by atoms with Gasteiger partial charge in [-0.25, -0.2) is 0 Å². The van der Waals surface area contributed by atoms with Gasteiger partial charge in [0.15, 0.2) is 0 Å². The molecule has 1 heterocycles. The predicted octanol–water partition coefficient (Wildman–Crippen LogP) is 3.07. The Kier molecular flexibility index (Phi) is 2.85. The van der Waals surface area contributed by atoms with E-state index in [2.05, 4.69) is 35.2 Å². The fourth-order valence-corrected chi connectivity index (χ4v) is 2.44. The second-order valence-corrected chi connectivity index (χ2v) is 4.66. The fraction of sp³-hybridized carbons (Fsp3) is 0.188. The lowest BCUT2D eigenvalue weighted by atomic mass is 10.1. The van der Waals surface area contributed by atoms with Crippen LogP contribution >= 0.6 is 0 Å². The molecule has 2 heteroatoms. The van der Waals surface area contributed by atoms with E-state index < -0.39 is 0 Å². The lowest BCUT2D eigenvalue weighted by Gasteiger charge is -2.17. The first kappa shape index (κ1) is 11.0. The van der Waals surface area contributed by atoms with E-state index in [1.165, 1.54) is 11.1 Å². The van der Waals surface area contributed by atoms with Crippen LogP contribution in [0.2, 0.25) is 0 Å². The molecule has 90 valence electrons. The first-order chi connectivity index (χ1) is 8.84. The third-order valence-corrected chi connectivity index (χ3v) is 3.46. The molecule has 2 nitrogen and oxygen atoms in total. The number of nitrogens with one attached hydrogen (secondary N) is 1. The molecule has 0 bridgehead atoms. The molecule has 0 fully saturated rings. The van der Waals surface area contributed by atoms with Crippen molar-refractivity contribution < 1.29 is 0 Å². The third kappa shape index (κ3) is 2.02. The van der Waals surface area contributed by atoms with E-state index in [1.807, 2.05) is 24.3 Å². The van der Waals surface area contributed by atoms with Gasteiger partial charge < -0.3 is 4.90 Å². The Morgan fingerprint density at radius 2 is 1.67 bits per heavy atom. The van der Waals surface area contributed by atoms with Crippen LogP contribution in [0.4, 0.5) is 0 Å². The Bertz CT molecular complexity index is 560. The number of rotatable bonds is 3. The highest BCUT2D eigenvalue weighted by Gasteiger charge is 2.22. The van der Waals surface area contributed by atoms with Crippen LogP contribution in [0.15, 0.2) is 54.6 Å². The molecule has 2 aromatic rings. The van der Waals surface area contributed by atoms with Crippen molar-refractivity contribution in [3.63, 3.8) is 0 Å². The van der Waals surface area contributed by atoms with Gasteiger partial charge >= 0.3 is 0 Å². The summed E-state index contributed by atoms with van der Waals surface area (Å²) in [4.78, 5) is 2.15. The molecule has 0 saturated heterocycles. The van der Waals surface area contributed by atoms with Crippen LogP contribution in [0.1, 0.15) is 16.7 Å². The average Bonchev–Trinajstić information content (AvgIpc) is 2.75. The maximum atomic E-state index is 8.18. The number of amidine groups is 1. The molecule has 2 aromatic carbocycles. The molecule has 18 heavy (non-hydrogen) atoms. The lowest BCUT2D eigenvalue weighted by molar-refractivity contribution is 0.432. The van der Waals surface area contributed by atoms with E-state index in [4.69, 9.17) is 5.41 Å². The molecule has 0 unspecified atom stereocenters. The molecule has 0 amide bonds. The largest absolute Gasteiger partial charge is 0.352 e. The van der Waals surface area contributed by atoms with Crippen LogP contribution in [0.3, 0.4) is 0 Å². The summed E-state index contributed by atoms with van der Waals surface area (Å²) < 4.78 is 0. The zero-order valence-corrected chi connectivity index (χ0v) is 10.3. The molecule has 0 atom stereocenters. The Hall–Kier alpha value is -2.09. The van der Waals surface area contributed by atoms with E-state index in [0.29, 0.717) is 5.84 Å². The smallest absolute Gasteiger partial charge is 0.128 e. The molecule has 0 aliphatic carbocycles. The first-order valence-electron chi connectivity index (χ1n) is 6.30. The van der Waals surface area contributed by atoms with E-state index in [9.17, 15) is 0 Å². The zero-order valence-electron chi connectivity index (χ0n) is 10.3. The van der Waals surface area contributed by atoms with Crippen molar-refractivity contribution in [3.8, 4) is 0 Å². The molecule has 0 spiro atoms. The highest BCUT2D eigenvalue weighted by molar-refractivity contribution is 6.00. The zero-order chi connectivity index (χ0) is 12.4. The van der Waals surface area contributed by atoms with E-state index in [-0.39, 0.29) is 0 Å². The molecule has 1 aliphatic rings. The summed E-state index contributed by atoms with van der Waals surface area (Å²) >= 11 is 0. The first-order valence-corrected chi connectivity index (χ1v) is 6.30. The standard InChI is InChI=1S/C16H16N2/c17-16-15-9-5-4-8-14(15)12-18(16)11-10-13-6-2-1-3-7-13/h1-9,17H,10-12H2. The summed E-state index contributed by atoms with van der Waals surface area (Å²) in [6.07, 6.45) is 0.997. The maximum absolute atomic E-state index is 8.18. The molecular weight excluding hydrogens is 220 g/mol. The Balaban J connectivity index is 1.68. The molecule has 0 aromatic heterocycles. The van der Waals surface area contributed by atoms with E-state index in [0.717, 1.165) is 25.1 Å². The number of hydrogen-bond acceptors (Lipinski definition) is 1. The minimum Gasteiger partial charge on any atom is -0.352 e. The van der Waals surface area contributed by atoms with Gasteiger partial charge in [-0.2, -0.15) is 0 Å². The van der Waals surface area contributed by atoms with Crippen LogP contribution in [-0.2, 0) is 13.0 Å². The Morgan fingerprint density at radius 3 is 2.44 bits per heavy atom. The summed E-state index contributed by atoms with van der Waals surface area (Å²) in [5.41, 5.74) is 3.70. The van der Waals surface area contributed by atoms with Crippen LogP contribution in [0.25, 0.3) is 0 Å². The minimum absolute atomic E-state index is 0.668. The average molecular weight is 236 g/mol. The quantitative estimate of drug-likeness (QED) is 0.871. The normalized spacial score (nSPS) is 13.8. The monoisotopic (exact) mass is 236 g/mol. The molecular formula is C16H16N2. The van der Waals surface area contributed by atoms with Crippen LogP contribution in [0, 0.1) is 5.41 Å².